The second-order valence-corrected chi connectivity index (χ2v) is 4.40. The van der Waals surface area contributed by atoms with Crippen LogP contribution in [0.1, 0.15) is 28.9 Å². The fourth-order valence-electron chi connectivity index (χ4n) is 1.75. The standard InChI is InChI=1S/C15H12FNO4/c1-10(11-2-6-13(16)7-3-11)21-15(18)12-4-8-14(9-5-12)17(19)20/h2-10H,1H3/t10-/m1/s1. The molecule has 0 N–H and O–H groups in total. The van der Waals surface area contributed by atoms with Crippen LogP contribution < -0.4 is 0 Å². The number of carbonyl (C=O) groups excluding carboxylic acids is 1. The van der Waals surface area contributed by atoms with Crippen molar-refractivity contribution in [1.82, 2.24) is 0 Å². The van der Waals surface area contributed by atoms with E-state index in [2.05, 4.69) is 0 Å². The number of hydrogen-bond donors (Lipinski definition) is 0. The molecule has 5 nitrogen and oxygen atoms in total. The summed E-state index contributed by atoms with van der Waals surface area (Å²) in [5, 5.41) is 10.5. The first-order valence-corrected chi connectivity index (χ1v) is 6.18. The number of halogens is 1. The lowest BCUT2D eigenvalue weighted by atomic mass is 10.1. The summed E-state index contributed by atoms with van der Waals surface area (Å²) < 4.78 is 18.0. The van der Waals surface area contributed by atoms with Gasteiger partial charge in [-0.15, -0.1) is 0 Å². The average Bonchev–Trinajstić information content (AvgIpc) is 2.47. The Bertz CT molecular complexity index is 652. The van der Waals surface area contributed by atoms with Crippen LogP contribution in [0.3, 0.4) is 0 Å². The molecule has 0 aliphatic carbocycles. The van der Waals surface area contributed by atoms with E-state index < -0.39 is 17.0 Å². The molecule has 0 fully saturated rings. The van der Waals surface area contributed by atoms with Crippen molar-refractivity contribution in [2.24, 2.45) is 0 Å². The first-order chi connectivity index (χ1) is 9.97. The predicted octanol–water partition coefficient (Wildman–Crippen LogP) is 3.65. The molecule has 0 aliphatic rings. The van der Waals surface area contributed by atoms with Gasteiger partial charge in [-0.05, 0) is 36.8 Å². The Kier molecular flexibility index (Phi) is 4.27. The van der Waals surface area contributed by atoms with Gasteiger partial charge in [-0.3, -0.25) is 10.1 Å². The number of nitrogens with zero attached hydrogens (tertiary/aromatic N) is 1. The van der Waals surface area contributed by atoms with Crippen molar-refractivity contribution in [2.75, 3.05) is 0 Å². The third-order valence-electron chi connectivity index (χ3n) is 2.94. The van der Waals surface area contributed by atoms with Crippen molar-refractivity contribution >= 4 is 11.7 Å². The van der Waals surface area contributed by atoms with E-state index in [4.69, 9.17) is 4.74 Å². The largest absolute Gasteiger partial charge is 0.454 e. The molecule has 2 aromatic rings. The highest BCUT2D eigenvalue weighted by Gasteiger charge is 2.15. The molecule has 6 heteroatoms. The molecule has 1 atom stereocenters. The SMILES string of the molecule is C[C@@H](OC(=O)c1ccc([N+](=O)[O-])cc1)c1ccc(F)cc1. The van der Waals surface area contributed by atoms with Gasteiger partial charge in [0, 0.05) is 12.1 Å². The van der Waals surface area contributed by atoms with Crippen LogP contribution in [0.2, 0.25) is 0 Å². The first-order valence-electron chi connectivity index (χ1n) is 6.18. The van der Waals surface area contributed by atoms with Crippen molar-refractivity contribution in [1.29, 1.82) is 0 Å². The summed E-state index contributed by atoms with van der Waals surface area (Å²) >= 11 is 0. The van der Waals surface area contributed by atoms with E-state index in [0.717, 1.165) is 0 Å². The summed E-state index contributed by atoms with van der Waals surface area (Å²) in [6.45, 7) is 1.66. The van der Waals surface area contributed by atoms with Crippen LogP contribution in [-0.2, 0) is 4.74 Å². The summed E-state index contributed by atoms with van der Waals surface area (Å²) in [7, 11) is 0. The number of esters is 1. The van der Waals surface area contributed by atoms with E-state index in [1.165, 1.54) is 48.5 Å². The van der Waals surface area contributed by atoms with Crippen molar-refractivity contribution in [3.05, 3.63) is 75.6 Å². The van der Waals surface area contributed by atoms with Gasteiger partial charge in [0.25, 0.3) is 5.69 Å². The molecule has 0 unspecified atom stereocenters. The maximum atomic E-state index is 12.8. The maximum Gasteiger partial charge on any atom is 0.338 e. The zero-order valence-electron chi connectivity index (χ0n) is 11.2. The van der Waals surface area contributed by atoms with Crippen LogP contribution in [0, 0.1) is 15.9 Å². The fraction of sp³-hybridized carbons (Fsp3) is 0.133. The van der Waals surface area contributed by atoms with E-state index in [9.17, 15) is 19.3 Å². The predicted molar refractivity (Wildman–Crippen MR) is 73.3 cm³/mol. The van der Waals surface area contributed by atoms with Gasteiger partial charge in [-0.2, -0.15) is 0 Å². The van der Waals surface area contributed by atoms with Gasteiger partial charge < -0.3 is 4.74 Å². The van der Waals surface area contributed by atoms with Crippen molar-refractivity contribution in [3.63, 3.8) is 0 Å². The smallest absolute Gasteiger partial charge is 0.338 e. The molecule has 2 aromatic carbocycles. The van der Waals surface area contributed by atoms with Gasteiger partial charge in [0.1, 0.15) is 11.9 Å². The monoisotopic (exact) mass is 289 g/mol. The molecule has 0 heterocycles. The minimum atomic E-state index is -0.596. The van der Waals surface area contributed by atoms with E-state index in [1.54, 1.807) is 6.92 Å². The van der Waals surface area contributed by atoms with Crippen LogP contribution in [-0.4, -0.2) is 10.9 Å². The van der Waals surface area contributed by atoms with Crippen LogP contribution in [0.4, 0.5) is 10.1 Å². The molecule has 0 bridgehead atoms. The van der Waals surface area contributed by atoms with E-state index in [1.807, 2.05) is 0 Å². The molecule has 0 radical (unpaired) electrons. The van der Waals surface area contributed by atoms with Gasteiger partial charge in [0.2, 0.25) is 0 Å². The molecule has 0 saturated heterocycles. The highest BCUT2D eigenvalue weighted by Crippen LogP contribution is 2.20. The number of benzene rings is 2. The highest BCUT2D eigenvalue weighted by atomic mass is 19.1. The number of non-ortho nitro benzene ring substituents is 1. The summed E-state index contributed by atoms with van der Waals surface area (Å²) in [4.78, 5) is 21.9. The molecule has 0 amide bonds. The molecule has 21 heavy (non-hydrogen) atoms. The number of ether oxygens (including phenoxy) is 1. The van der Waals surface area contributed by atoms with Gasteiger partial charge in [0.15, 0.2) is 0 Å². The molecular weight excluding hydrogens is 277 g/mol. The number of hydrogen-bond acceptors (Lipinski definition) is 4. The van der Waals surface area contributed by atoms with E-state index in [-0.39, 0.29) is 17.1 Å². The topological polar surface area (TPSA) is 69.4 Å². The van der Waals surface area contributed by atoms with Crippen LogP contribution in [0.25, 0.3) is 0 Å². The summed E-state index contributed by atoms with van der Waals surface area (Å²) in [5.74, 6) is -0.964. The van der Waals surface area contributed by atoms with Crippen molar-refractivity contribution in [2.45, 2.75) is 13.0 Å². The van der Waals surface area contributed by atoms with Gasteiger partial charge >= 0.3 is 5.97 Å². The molecular formula is C15H12FNO4. The maximum absolute atomic E-state index is 12.8. The Hall–Kier alpha value is -2.76. The first kappa shape index (κ1) is 14.6. The Morgan fingerprint density at radius 2 is 1.71 bits per heavy atom. The Morgan fingerprint density at radius 1 is 1.14 bits per heavy atom. The third kappa shape index (κ3) is 3.62. The molecule has 2 rings (SSSR count). The summed E-state index contributed by atoms with van der Waals surface area (Å²) in [5.41, 5.74) is 0.777. The Morgan fingerprint density at radius 3 is 2.24 bits per heavy atom. The number of rotatable bonds is 4. The second kappa shape index (κ2) is 6.13. The molecule has 0 aromatic heterocycles. The van der Waals surface area contributed by atoms with Crippen molar-refractivity contribution < 1.29 is 18.8 Å². The van der Waals surface area contributed by atoms with E-state index >= 15 is 0 Å². The molecule has 0 aliphatic heterocycles. The molecule has 0 spiro atoms. The lowest BCUT2D eigenvalue weighted by Crippen LogP contribution is -2.09. The summed E-state index contributed by atoms with van der Waals surface area (Å²) in [6, 6.07) is 10.8. The van der Waals surface area contributed by atoms with Gasteiger partial charge in [-0.1, -0.05) is 12.1 Å². The zero-order chi connectivity index (χ0) is 15.4. The van der Waals surface area contributed by atoms with Crippen LogP contribution in [0.15, 0.2) is 48.5 Å². The normalized spacial score (nSPS) is 11.7. The number of carbonyl (C=O) groups is 1. The summed E-state index contributed by atoms with van der Waals surface area (Å²) in [6.07, 6.45) is -0.548. The van der Waals surface area contributed by atoms with E-state index in [0.29, 0.717) is 5.56 Å². The molecule has 108 valence electrons. The Labute approximate surface area is 120 Å². The third-order valence-corrected chi connectivity index (χ3v) is 2.94. The Balaban J connectivity index is 2.06. The highest BCUT2D eigenvalue weighted by molar-refractivity contribution is 5.89. The van der Waals surface area contributed by atoms with Crippen LogP contribution in [0.5, 0.6) is 0 Å². The average molecular weight is 289 g/mol. The van der Waals surface area contributed by atoms with Gasteiger partial charge in [0.05, 0.1) is 10.5 Å². The lowest BCUT2D eigenvalue weighted by molar-refractivity contribution is -0.384. The number of nitro benzene ring substituents is 1. The minimum absolute atomic E-state index is 0.0990. The minimum Gasteiger partial charge on any atom is -0.454 e. The second-order valence-electron chi connectivity index (χ2n) is 4.40. The quantitative estimate of drug-likeness (QED) is 0.489. The fourth-order valence-corrected chi connectivity index (χ4v) is 1.75. The number of nitro groups is 1. The molecule has 0 saturated carbocycles. The lowest BCUT2D eigenvalue weighted by Gasteiger charge is -2.13. The van der Waals surface area contributed by atoms with Gasteiger partial charge in [-0.25, -0.2) is 9.18 Å². The zero-order valence-corrected chi connectivity index (χ0v) is 11.2. The van der Waals surface area contributed by atoms with Crippen molar-refractivity contribution in [3.8, 4) is 0 Å². The van der Waals surface area contributed by atoms with Crippen LogP contribution >= 0.6 is 0 Å².